The van der Waals surface area contributed by atoms with E-state index >= 15 is 0 Å². The van der Waals surface area contributed by atoms with E-state index in [0.717, 1.165) is 0 Å². The first-order valence-electron chi connectivity index (χ1n) is 6.02. The van der Waals surface area contributed by atoms with E-state index in [-0.39, 0.29) is 18.8 Å². The lowest BCUT2D eigenvalue weighted by atomic mass is 10.2. The van der Waals surface area contributed by atoms with E-state index in [1.165, 1.54) is 6.07 Å². The van der Waals surface area contributed by atoms with E-state index in [2.05, 4.69) is 21.3 Å². The van der Waals surface area contributed by atoms with Gasteiger partial charge in [-0.1, -0.05) is 23.4 Å². The second-order valence-electron chi connectivity index (χ2n) is 3.86. The number of carbonyl (C=O) groups excluding carboxylic acids is 1. The fraction of sp³-hybridized carbons (Fsp3) is 0.308. The molecule has 0 bridgehead atoms. The van der Waals surface area contributed by atoms with Gasteiger partial charge in [-0.15, -0.1) is 0 Å². The van der Waals surface area contributed by atoms with E-state index in [9.17, 15) is 13.2 Å². The van der Waals surface area contributed by atoms with Crippen LogP contribution in [-0.4, -0.2) is 33.3 Å². The molecule has 1 aromatic carbocycles. The molecule has 1 aromatic rings. The fourth-order valence-corrected chi connectivity index (χ4v) is 2.56. The Labute approximate surface area is 128 Å². The average Bonchev–Trinajstić information content (AvgIpc) is 2.36. The Kier molecular flexibility index (Phi) is 6.49. The quantitative estimate of drug-likeness (QED) is 0.619. The maximum absolute atomic E-state index is 11.9. The highest BCUT2D eigenvalue weighted by molar-refractivity contribution is 7.93. The van der Waals surface area contributed by atoms with Gasteiger partial charge < -0.3 is 10.5 Å². The number of anilines is 1. The summed E-state index contributed by atoms with van der Waals surface area (Å²) >= 11 is 5.84. The van der Waals surface area contributed by atoms with E-state index < -0.39 is 21.7 Å². The fourth-order valence-electron chi connectivity index (χ4n) is 1.42. The number of ether oxygens (including phenoxy) is 1. The number of esters is 1. The second-order valence-corrected chi connectivity index (χ2v) is 6.02. The van der Waals surface area contributed by atoms with Crippen LogP contribution in [0.2, 0.25) is 5.02 Å². The van der Waals surface area contributed by atoms with Gasteiger partial charge in [-0.2, -0.15) is 0 Å². The molecule has 0 amide bonds. The van der Waals surface area contributed by atoms with Gasteiger partial charge in [0.05, 0.1) is 18.8 Å². The van der Waals surface area contributed by atoms with Crippen molar-refractivity contribution in [2.75, 3.05) is 23.6 Å². The van der Waals surface area contributed by atoms with Crippen LogP contribution in [0.25, 0.3) is 0 Å². The molecule has 6 nitrogen and oxygen atoms in total. The molecule has 0 saturated heterocycles. The van der Waals surface area contributed by atoms with Gasteiger partial charge >= 0.3 is 5.97 Å². The van der Waals surface area contributed by atoms with Crippen LogP contribution < -0.4 is 10.5 Å². The molecule has 1 rings (SSSR count). The molecule has 0 atom stereocenters. The summed E-state index contributed by atoms with van der Waals surface area (Å²) in [5.41, 5.74) is 5.89. The number of carbonyl (C=O) groups is 1. The Hall–Kier alpha value is -1.75. The van der Waals surface area contributed by atoms with E-state index in [4.69, 9.17) is 17.3 Å². The van der Waals surface area contributed by atoms with Gasteiger partial charge in [-0.3, -0.25) is 9.52 Å². The molecule has 114 valence electrons. The first-order valence-corrected chi connectivity index (χ1v) is 8.05. The van der Waals surface area contributed by atoms with E-state index in [1.54, 1.807) is 19.1 Å². The van der Waals surface area contributed by atoms with Crippen molar-refractivity contribution in [2.45, 2.75) is 6.92 Å². The molecule has 0 fully saturated rings. The zero-order valence-electron chi connectivity index (χ0n) is 11.3. The summed E-state index contributed by atoms with van der Waals surface area (Å²) in [4.78, 5) is 11.3. The molecule has 0 heterocycles. The molecule has 0 aliphatic rings. The van der Waals surface area contributed by atoms with Crippen LogP contribution in [0, 0.1) is 11.8 Å². The van der Waals surface area contributed by atoms with Crippen molar-refractivity contribution in [3.8, 4) is 11.8 Å². The van der Waals surface area contributed by atoms with E-state index in [1.807, 2.05) is 0 Å². The van der Waals surface area contributed by atoms with Gasteiger partial charge in [-0.05, 0) is 25.1 Å². The summed E-state index contributed by atoms with van der Waals surface area (Å²) in [5.74, 6) is 3.73. The van der Waals surface area contributed by atoms with Crippen molar-refractivity contribution >= 4 is 33.3 Å². The summed E-state index contributed by atoms with van der Waals surface area (Å²) in [7, 11) is -3.90. The van der Waals surface area contributed by atoms with Crippen LogP contribution in [0.15, 0.2) is 18.2 Å². The Morgan fingerprint density at radius 1 is 1.48 bits per heavy atom. The summed E-state index contributed by atoms with van der Waals surface area (Å²) in [6.07, 6.45) is 0. The number of sulfonamides is 1. The van der Waals surface area contributed by atoms with Gasteiger partial charge in [-0.25, -0.2) is 8.42 Å². The first kappa shape index (κ1) is 17.3. The van der Waals surface area contributed by atoms with Gasteiger partial charge in [0.15, 0.2) is 5.75 Å². The number of hydrogen-bond donors (Lipinski definition) is 2. The molecule has 0 aliphatic heterocycles. The minimum absolute atomic E-state index is 0.110. The molecule has 21 heavy (non-hydrogen) atoms. The number of halogens is 1. The topological polar surface area (TPSA) is 98.5 Å². The Morgan fingerprint density at radius 3 is 2.81 bits per heavy atom. The lowest BCUT2D eigenvalue weighted by molar-refractivity contribution is -0.139. The summed E-state index contributed by atoms with van der Waals surface area (Å²) in [6.45, 7) is 1.84. The molecule has 0 spiro atoms. The van der Waals surface area contributed by atoms with Gasteiger partial charge in [0.1, 0.15) is 0 Å². The number of rotatable bonds is 5. The number of hydrogen-bond acceptors (Lipinski definition) is 5. The van der Waals surface area contributed by atoms with Crippen LogP contribution in [0.4, 0.5) is 5.69 Å². The largest absolute Gasteiger partial charge is 0.465 e. The highest BCUT2D eigenvalue weighted by atomic mass is 35.5. The summed E-state index contributed by atoms with van der Waals surface area (Å²) < 4.78 is 30.7. The van der Waals surface area contributed by atoms with Crippen LogP contribution in [0.3, 0.4) is 0 Å². The molecule has 3 N–H and O–H groups in total. The molecular weight excluding hydrogens is 316 g/mol. The summed E-state index contributed by atoms with van der Waals surface area (Å²) in [5, 5.41) is 0.335. The lowest BCUT2D eigenvalue weighted by Gasteiger charge is -2.10. The van der Waals surface area contributed by atoms with Gasteiger partial charge in [0.2, 0.25) is 10.0 Å². The molecule has 8 heteroatoms. The zero-order valence-corrected chi connectivity index (χ0v) is 12.9. The summed E-state index contributed by atoms with van der Waals surface area (Å²) in [6, 6.07) is 4.54. The molecular formula is C13H15ClN2O4S. The Morgan fingerprint density at radius 2 is 2.19 bits per heavy atom. The standard InChI is InChI=1S/C13H15ClN2O4S/c1-2-20-13(17)9-21(18,19)16-12-8-11(14)6-5-10(12)4-3-7-15/h5-6,8,16H,2,7,9,15H2,1H3. The minimum Gasteiger partial charge on any atom is -0.465 e. The van der Waals surface area contributed by atoms with E-state index in [0.29, 0.717) is 10.6 Å². The Bertz CT molecular complexity index is 677. The maximum atomic E-state index is 11.9. The average molecular weight is 331 g/mol. The minimum atomic E-state index is -3.90. The van der Waals surface area contributed by atoms with Crippen molar-refractivity contribution < 1.29 is 17.9 Å². The second kappa shape index (κ2) is 7.88. The molecule has 0 saturated carbocycles. The number of benzene rings is 1. The van der Waals surface area contributed by atoms with Gasteiger partial charge in [0.25, 0.3) is 0 Å². The van der Waals surface area contributed by atoms with Crippen molar-refractivity contribution in [1.29, 1.82) is 0 Å². The van der Waals surface area contributed by atoms with Crippen LogP contribution in [-0.2, 0) is 19.6 Å². The molecule has 0 aromatic heterocycles. The van der Waals surface area contributed by atoms with Crippen molar-refractivity contribution in [1.82, 2.24) is 0 Å². The normalized spacial score (nSPS) is 10.4. The lowest BCUT2D eigenvalue weighted by Crippen LogP contribution is -2.24. The van der Waals surface area contributed by atoms with Gasteiger partial charge in [0, 0.05) is 10.6 Å². The third-order valence-electron chi connectivity index (χ3n) is 2.19. The first-order chi connectivity index (χ1) is 9.88. The molecule has 0 unspecified atom stereocenters. The monoisotopic (exact) mass is 330 g/mol. The maximum Gasteiger partial charge on any atom is 0.323 e. The highest BCUT2D eigenvalue weighted by Gasteiger charge is 2.18. The van der Waals surface area contributed by atoms with Crippen LogP contribution in [0.1, 0.15) is 12.5 Å². The molecule has 0 aliphatic carbocycles. The van der Waals surface area contributed by atoms with Crippen molar-refractivity contribution in [2.24, 2.45) is 5.73 Å². The number of nitrogens with two attached hydrogens (primary N) is 1. The smallest absolute Gasteiger partial charge is 0.323 e. The third-order valence-corrected chi connectivity index (χ3v) is 3.57. The third kappa shape index (κ3) is 6.04. The SMILES string of the molecule is CCOC(=O)CS(=O)(=O)Nc1cc(Cl)ccc1C#CCN. The predicted molar refractivity (Wildman–Crippen MR) is 81.4 cm³/mol. The zero-order chi connectivity index (χ0) is 15.9. The van der Waals surface area contributed by atoms with Crippen LogP contribution >= 0.6 is 11.6 Å². The Balaban J connectivity index is 3.00. The predicted octanol–water partition coefficient (Wildman–Crippen LogP) is 0.955. The molecule has 0 radical (unpaired) electrons. The number of nitrogens with one attached hydrogen (secondary N) is 1. The van der Waals surface area contributed by atoms with Crippen LogP contribution in [0.5, 0.6) is 0 Å². The highest BCUT2D eigenvalue weighted by Crippen LogP contribution is 2.21. The van der Waals surface area contributed by atoms with Crippen molar-refractivity contribution in [3.05, 3.63) is 28.8 Å². The van der Waals surface area contributed by atoms with Crippen molar-refractivity contribution in [3.63, 3.8) is 0 Å².